The number of benzene rings is 1. The number of halogens is 1. The van der Waals surface area contributed by atoms with Gasteiger partial charge in [-0.15, -0.1) is 0 Å². The average molecular weight is 241 g/mol. The van der Waals surface area contributed by atoms with Crippen LogP contribution in [0.15, 0.2) is 12.1 Å². The molecule has 3 N–H and O–H groups in total. The molecule has 1 heterocycles. The molecular formula is C11H12FNO4. The summed E-state index contributed by atoms with van der Waals surface area (Å²) in [6.07, 6.45) is 0.647. The van der Waals surface area contributed by atoms with Gasteiger partial charge in [0.2, 0.25) is 0 Å². The largest absolute Gasteiger partial charge is 0.489 e. The summed E-state index contributed by atoms with van der Waals surface area (Å²) in [5.74, 6) is -1.84. The van der Waals surface area contributed by atoms with E-state index < -0.39 is 17.8 Å². The summed E-state index contributed by atoms with van der Waals surface area (Å²) in [4.78, 5) is 10.7. The van der Waals surface area contributed by atoms with Crippen molar-refractivity contribution in [3.8, 4) is 11.5 Å². The number of aliphatic carboxylic acids is 1. The SMILES string of the molecule is NC(C(=O)O)c1ccc2c(c1F)OCCCO2. The van der Waals surface area contributed by atoms with Crippen LogP contribution in [-0.4, -0.2) is 24.3 Å². The molecular weight excluding hydrogens is 229 g/mol. The highest BCUT2D eigenvalue weighted by Crippen LogP contribution is 2.35. The number of nitrogens with two attached hydrogens (primary N) is 1. The van der Waals surface area contributed by atoms with Gasteiger partial charge in [-0.2, -0.15) is 0 Å². The molecule has 0 saturated heterocycles. The van der Waals surface area contributed by atoms with Crippen molar-refractivity contribution in [2.45, 2.75) is 12.5 Å². The predicted molar refractivity (Wildman–Crippen MR) is 56.6 cm³/mol. The van der Waals surface area contributed by atoms with Crippen molar-refractivity contribution in [2.75, 3.05) is 13.2 Å². The van der Waals surface area contributed by atoms with Gasteiger partial charge in [-0.1, -0.05) is 0 Å². The molecule has 1 aromatic rings. The smallest absolute Gasteiger partial charge is 0.325 e. The van der Waals surface area contributed by atoms with Crippen LogP contribution in [-0.2, 0) is 4.79 Å². The van der Waals surface area contributed by atoms with Gasteiger partial charge >= 0.3 is 5.97 Å². The highest BCUT2D eigenvalue weighted by Gasteiger charge is 2.24. The Morgan fingerprint density at radius 3 is 2.82 bits per heavy atom. The first-order valence-corrected chi connectivity index (χ1v) is 5.17. The first-order valence-electron chi connectivity index (χ1n) is 5.17. The summed E-state index contributed by atoms with van der Waals surface area (Å²) in [6.45, 7) is 0.770. The number of carbonyl (C=O) groups is 1. The van der Waals surface area contributed by atoms with Gasteiger partial charge < -0.3 is 20.3 Å². The lowest BCUT2D eigenvalue weighted by Gasteiger charge is -2.13. The summed E-state index contributed by atoms with van der Waals surface area (Å²) in [5.41, 5.74) is 5.27. The van der Waals surface area contributed by atoms with Gasteiger partial charge in [0.05, 0.1) is 13.2 Å². The van der Waals surface area contributed by atoms with Crippen molar-refractivity contribution in [2.24, 2.45) is 5.73 Å². The number of fused-ring (bicyclic) bond motifs is 1. The third-order valence-corrected chi connectivity index (χ3v) is 2.48. The Morgan fingerprint density at radius 2 is 2.12 bits per heavy atom. The molecule has 1 atom stereocenters. The molecule has 17 heavy (non-hydrogen) atoms. The zero-order chi connectivity index (χ0) is 12.4. The third kappa shape index (κ3) is 2.16. The minimum atomic E-state index is -1.41. The van der Waals surface area contributed by atoms with Crippen molar-refractivity contribution < 1.29 is 23.8 Å². The van der Waals surface area contributed by atoms with Crippen molar-refractivity contribution in [1.82, 2.24) is 0 Å². The van der Waals surface area contributed by atoms with E-state index in [4.69, 9.17) is 20.3 Å². The standard InChI is InChI=1S/C11H12FNO4/c12-8-6(9(13)11(14)15)2-3-7-10(8)17-5-1-4-16-7/h2-3,9H,1,4-5,13H2,(H,14,15). The fourth-order valence-electron chi connectivity index (χ4n) is 1.59. The molecule has 1 unspecified atom stereocenters. The van der Waals surface area contributed by atoms with E-state index in [1.54, 1.807) is 0 Å². The Kier molecular flexibility index (Phi) is 3.14. The monoisotopic (exact) mass is 241 g/mol. The molecule has 0 bridgehead atoms. The summed E-state index contributed by atoms with van der Waals surface area (Å²) in [6, 6.07) is 1.37. The molecule has 0 saturated carbocycles. The highest BCUT2D eigenvalue weighted by atomic mass is 19.1. The lowest BCUT2D eigenvalue weighted by molar-refractivity contribution is -0.138. The van der Waals surface area contributed by atoms with Gasteiger partial charge in [-0.05, 0) is 12.1 Å². The van der Waals surface area contributed by atoms with Gasteiger partial charge in [0, 0.05) is 12.0 Å². The van der Waals surface area contributed by atoms with E-state index in [1.165, 1.54) is 12.1 Å². The van der Waals surface area contributed by atoms with Crippen molar-refractivity contribution in [3.63, 3.8) is 0 Å². The van der Waals surface area contributed by atoms with Crippen LogP contribution >= 0.6 is 0 Å². The second-order valence-electron chi connectivity index (χ2n) is 3.66. The average Bonchev–Trinajstić information content (AvgIpc) is 2.54. The minimum absolute atomic E-state index is 0.0586. The lowest BCUT2D eigenvalue weighted by atomic mass is 10.1. The van der Waals surface area contributed by atoms with E-state index in [0.717, 1.165) is 0 Å². The van der Waals surface area contributed by atoms with Crippen LogP contribution in [0.5, 0.6) is 11.5 Å². The van der Waals surface area contributed by atoms with Crippen LogP contribution in [0, 0.1) is 5.82 Å². The van der Waals surface area contributed by atoms with E-state index in [1.807, 2.05) is 0 Å². The fourth-order valence-corrected chi connectivity index (χ4v) is 1.59. The molecule has 0 spiro atoms. The second-order valence-corrected chi connectivity index (χ2v) is 3.66. The topological polar surface area (TPSA) is 81.8 Å². The zero-order valence-electron chi connectivity index (χ0n) is 8.98. The van der Waals surface area contributed by atoms with Crippen molar-refractivity contribution in [3.05, 3.63) is 23.5 Å². The van der Waals surface area contributed by atoms with E-state index in [2.05, 4.69) is 0 Å². The summed E-state index contributed by atoms with van der Waals surface area (Å²) < 4.78 is 24.5. The van der Waals surface area contributed by atoms with Crippen LogP contribution in [0.4, 0.5) is 4.39 Å². The summed E-state index contributed by atoms with van der Waals surface area (Å²) >= 11 is 0. The molecule has 0 aliphatic carbocycles. The van der Waals surface area contributed by atoms with Gasteiger partial charge in [0.1, 0.15) is 6.04 Å². The first kappa shape index (κ1) is 11.7. The molecule has 0 aromatic heterocycles. The number of ether oxygens (including phenoxy) is 2. The summed E-state index contributed by atoms with van der Waals surface area (Å²) in [7, 11) is 0. The van der Waals surface area contributed by atoms with Crippen molar-refractivity contribution >= 4 is 5.97 Å². The van der Waals surface area contributed by atoms with Crippen LogP contribution in [0.25, 0.3) is 0 Å². The van der Waals surface area contributed by atoms with E-state index in [9.17, 15) is 9.18 Å². The second kappa shape index (κ2) is 4.58. The fraction of sp³-hybridized carbons (Fsp3) is 0.364. The van der Waals surface area contributed by atoms with E-state index >= 15 is 0 Å². The van der Waals surface area contributed by atoms with Crippen LogP contribution < -0.4 is 15.2 Å². The maximum absolute atomic E-state index is 14.0. The third-order valence-electron chi connectivity index (χ3n) is 2.48. The predicted octanol–water partition coefficient (Wildman–Crippen LogP) is 1.07. The molecule has 0 amide bonds. The Hall–Kier alpha value is -1.82. The Balaban J connectivity index is 2.44. The number of carboxylic acid groups (broad SMARTS) is 1. The van der Waals surface area contributed by atoms with Gasteiger partial charge in [0.15, 0.2) is 17.3 Å². The van der Waals surface area contributed by atoms with Gasteiger partial charge in [-0.25, -0.2) is 4.39 Å². The quantitative estimate of drug-likeness (QED) is 0.809. The van der Waals surface area contributed by atoms with E-state index in [0.29, 0.717) is 19.6 Å². The Morgan fingerprint density at radius 1 is 1.41 bits per heavy atom. The number of rotatable bonds is 2. The Bertz CT molecular complexity index is 449. The van der Waals surface area contributed by atoms with Crippen LogP contribution in [0.2, 0.25) is 0 Å². The Labute approximate surface area is 96.9 Å². The zero-order valence-corrected chi connectivity index (χ0v) is 8.98. The highest BCUT2D eigenvalue weighted by molar-refractivity contribution is 5.75. The molecule has 6 heteroatoms. The molecule has 1 aliphatic rings. The molecule has 5 nitrogen and oxygen atoms in total. The minimum Gasteiger partial charge on any atom is -0.489 e. The first-order chi connectivity index (χ1) is 8.11. The number of carboxylic acids is 1. The molecule has 1 aliphatic heterocycles. The molecule has 0 radical (unpaired) electrons. The van der Waals surface area contributed by atoms with Crippen molar-refractivity contribution in [1.29, 1.82) is 0 Å². The van der Waals surface area contributed by atoms with Gasteiger partial charge in [0.25, 0.3) is 0 Å². The normalized spacial score (nSPS) is 16.1. The molecule has 2 rings (SSSR count). The number of hydrogen-bond donors (Lipinski definition) is 2. The van der Waals surface area contributed by atoms with Crippen LogP contribution in [0.3, 0.4) is 0 Å². The van der Waals surface area contributed by atoms with Crippen LogP contribution in [0.1, 0.15) is 18.0 Å². The van der Waals surface area contributed by atoms with E-state index in [-0.39, 0.29) is 17.1 Å². The lowest BCUT2D eigenvalue weighted by Crippen LogP contribution is -2.22. The van der Waals surface area contributed by atoms with Gasteiger partial charge in [-0.3, -0.25) is 4.79 Å². The summed E-state index contributed by atoms with van der Waals surface area (Å²) in [5, 5.41) is 8.76. The molecule has 1 aromatic carbocycles. The molecule has 0 fully saturated rings. The maximum Gasteiger partial charge on any atom is 0.325 e. The molecule has 92 valence electrons. The number of hydrogen-bond acceptors (Lipinski definition) is 4. The maximum atomic E-state index is 14.0.